The molecule has 6 heteroatoms. The van der Waals surface area contributed by atoms with E-state index in [1.807, 2.05) is 19.9 Å². The molecule has 142 valence electrons. The highest BCUT2D eigenvalue weighted by Gasteiger charge is 2.24. The van der Waals surface area contributed by atoms with Gasteiger partial charge < -0.3 is 18.6 Å². The van der Waals surface area contributed by atoms with Gasteiger partial charge in [-0.2, -0.15) is 0 Å². The lowest BCUT2D eigenvalue weighted by molar-refractivity contribution is -0.915. The maximum absolute atomic E-state index is 5.90. The zero-order valence-electron chi connectivity index (χ0n) is 16.5. The highest BCUT2D eigenvalue weighted by Crippen LogP contribution is 2.25. The Morgan fingerprint density at radius 2 is 1.81 bits per heavy atom. The summed E-state index contributed by atoms with van der Waals surface area (Å²) in [6.07, 6.45) is 0. The average molecular weight is 367 g/mol. The van der Waals surface area contributed by atoms with Gasteiger partial charge in [-0.25, -0.2) is 0 Å². The van der Waals surface area contributed by atoms with E-state index in [4.69, 9.17) is 8.83 Å². The van der Waals surface area contributed by atoms with Gasteiger partial charge in [0.05, 0.1) is 31.7 Å². The number of anilines is 1. The Morgan fingerprint density at radius 1 is 1.04 bits per heavy atom. The van der Waals surface area contributed by atoms with Crippen LogP contribution in [0, 0.1) is 27.7 Å². The van der Waals surface area contributed by atoms with E-state index in [1.165, 1.54) is 21.7 Å². The second-order valence-electron chi connectivity index (χ2n) is 7.46. The molecule has 1 fully saturated rings. The third-order valence-corrected chi connectivity index (χ3v) is 5.53. The van der Waals surface area contributed by atoms with E-state index in [9.17, 15) is 0 Å². The predicted molar refractivity (Wildman–Crippen MR) is 104 cm³/mol. The van der Waals surface area contributed by atoms with Crippen molar-refractivity contribution in [3.05, 3.63) is 52.8 Å². The molecule has 3 aromatic rings. The van der Waals surface area contributed by atoms with Crippen molar-refractivity contribution in [1.29, 1.82) is 0 Å². The topological polar surface area (TPSA) is 59.7 Å². The fourth-order valence-electron chi connectivity index (χ4n) is 3.81. The standard InChI is InChI=1S/C21H26N4O2/c1-14-6-5-7-19(16(14)3)25-10-8-24(9-11-25)13-20-22-23-21(27-20)18-12-15(2)26-17(18)4/h5-7,12H,8-11,13H2,1-4H3/p+1. The van der Waals surface area contributed by atoms with Gasteiger partial charge >= 0.3 is 0 Å². The van der Waals surface area contributed by atoms with Crippen LogP contribution in [0.15, 0.2) is 33.1 Å². The summed E-state index contributed by atoms with van der Waals surface area (Å²) >= 11 is 0. The summed E-state index contributed by atoms with van der Waals surface area (Å²) in [6, 6.07) is 8.50. The Morgan fingerprint density at radius 3 is 2.52 bits per heavy atom. The summed E-state index contributed by atoms with van der Waals surface area (Å²) < 4.78 is 11.5. The molecular weight excluding hydrogens is 340 g/mol. The fraction of sp³-hybridized carbons (Fsp3) is 0.429. The minimum atomic E-state index is 0.549. The van der Waals surface area contributed by atoms with Crippen molar-refractivity contribution >= 4 is 5.69 Å². The molecule has 6 nitrogen and oxygen atoms in total. The van der Waals surface area contributed by atoms with Crippen molar-refractivity contribution in [2.45, 2.75) is 34.2 Å². The van der Waals surface area contributed by atoms with Gasteiger partial charge in [-0.3, -0.25) is 0 Å². The second kappa shape index (κ2) is 7.19. The number of hydrogen-bond acceptors (Lipinski definition) is 5. The zero-order chi connectivity index (χ0) is 19.0. The number of aryl methyl sites for hydroxylation is 3. The quantitative estimate of drug-likeness (QED) is 0.768. The molecule has 1 N–H and O–H groups in total. The molecule has 27 heavy (non-hydrogen) atoms. The van der Waals surface area contributed by atoms with E-state index in [2.05, 4.69) is 47.1 Å². The van der Waals surface area contributed by atoms with E-state index >= 15 is 0 Å². The Hall–Kier alpha value is -2.60. The van der Waals surface area contributed by atoms with E-state index in [0.29, 0.717) is 11.8 Å². The number of quaternary nitrogens is 1. The molecule has 4 rings (SSSR count). The van der Waals surface area contributed by atoms with Crippen molar-refractivity contribution in [3.8, 4) is 11.5 Å². The molecule has 3 heterocycles. The van der Waals surface area contributed by atoms with Crippen molar-refractivity contribution in [2.24, 2.45) is 0 Å². The smallest absolute Gasteiger partial charge is 0.271 e. The first-order valence-corrected chi connectivity index (χ1v) is 9.56. The van der Waals surface area contributed by atoms with E-state index < -0.39 is 0 Å². The number of nitrogens with zero attached hydrogens (tertiary/aromatic N) is 3. The molecule has 1 aliphatic rings. The molecular formula is C21H27N4O2+. The highest BCUT2D eigenvalue weighted by atomic mass is 16.4. The largest absolute Gasteiger partial charge is 0.466 e. The van der Waals surface area contributed by atoms with Crippen molar-refractivity contribution < 1.29 is 13.7 Å². The Labute approximate surface area is 159 Å². The Balaban J connectivity index is 1.38. The van der Waals surface area contributed by atoms with Crippen LogP contribution in [0.3, 0.4) is 0 Å². The monoisotopic (exact) mass is 367 g/mol. The van der Waals surface area contributed by atoms with Crippen LogP contribution in [-0.4, -0.2) is 36.4 Å². The number of furan rings is 1. The van der Waals surface area contributed by atoms with Crippen LogP contribution in [0.5, 0.6) is 0 Å². The molecule has 1 saturated heterocycles. The molecule has 0 bridgehead atoms. The van der Waals surface area contributed by atoms with Gasteiger partial charge in [0.25, 0.3) is 11.8 Å². The number of hydrogen-bond donors (Lipinski definition) is 1. The lowest BCUT2D eigenvalue weighted by atomic mass is 10.1. The number of rotatable bonds is 4. The van der Waals surface area contributed by atoms with Crippen LogP contribution < -0.4 is 9.80 Å². The molecule has 0 aliphatic carbocycles. The van der Waals surface area contributed by atoms with Crippen molar-refractivity contribution in [3.63, 3.8) is 0 Å². The first-order valence-electron chi connectivity index (χ1n) is 9.56. The second-order valence-corrected chi connectivity index (χ2v) is 7.46. The van der Waals surface area contributed by atoms with Gasteiger partial charge in [0.1, 0.15) is 11.5 Å². The summed E-state index contributed by atoms with van der Waals surface area (Å²) in [4.78, 5) is 3.97. The van der Waals surface area contributed by atoms with Crippen molar-refractivity contribution in [1.82, 2.24) is 10.2 Å². The van der Waals surface area contributed by atoms with Crippen LogP contribution in [0.4, 0.5) is 5.69 Å². The van der Waals surface area contributed by atoms with Gasteiger partial charge in [0.2, 0.25) is 0 Å². The first kappa shape index (κ1) is 17.8. The maximum Gasteiger partial charge on any atom is 0.271 e. The lowest BCUT2D eigenvalue weighted by Crippen LogP contribution is -3.13. The van der Waals surface area contributed by atoms with Crippen LogP contribution in [0.25, 0.3) is 11.5 Å². The average Bonchev–Trinajstić information content (AvgIpc) is 3.24. The molecule has 0 radical (unpaired) electrons. The lowest BCUT2D eigenvalue weighted by Gasteiger charge is -2.34. The molecule has 0 amide bonds. The summed E-state index contributed by atoms with van der Waals surface area (Å²) in [6.45, 7) is 13.2. The Kier molecular flexibility index (Phi) is 4.74. The van der Waals surface area contributed by atoms with Gasteiger partial charge in [-0.05, 0) is 51.0 Å². The van der Waals surface area contributed by atoms with Crippen LogP contribution >= 0.6 is 0 Å². The fourth-order valence-corrected chi connectivity index (χ4v) is 3.81. The summed E-state index contributed by atoms with van der Waals surface area (Å²) in [7, 11) is 0. The molecule has 0 saturated carbocycles. The van der Waals surface area contributed by atoms with Gasteiger partial charge in [-0.1, -0.05) is 12.1 Å². The van der Waals surface area contributed by atoms with Crippen LogP contribution in [0.1, 0.15) is 28.5 Å². The third-order valence-electron chi connectivity index (χ3n) is 5.53. The molecule has 0 atom stereocenters. The number of nitrogens with one attached hydrogen (secondary N) is 1. The predicted octanol–water partition coefficient (Wildman–Crippen LogP) is 2.47. The SMILES string of the molecule is Cc1cc(-c2nnc(C[NH+]3CCN(c4cccc(C)c4C)CC3)o2)c(C)o1. The van der Waals surface area contributed by atoms with Gasteiger partial charge in [0, 0.05) is 5.69 Å². The van der Waals surface area contributed by atoms with Crippen LogP contribution in [-0.2, 0) is 6.54 Å². The normalized spacial score (nSPS) is 15.5. The van der Waals surface area contributed by atoms with Gasteiger partial charge in [0.15, 0.2) is 6.54 Å². The summed E-state index contributed by atoms with van der Waals surface area (Å²) in [5.41, 5.74) is 4.99. The molecule has 2 aromatic heterocycles. The minimum Gasteiger partial charge on any atom is -0.466 e. The third kappa shape index (κ3) is 3.62. The van der Waals surface area contributed by atoms with E-state index in [0.717, 1.165) is 49.8 Å². The van der Waals surface area contributed by atoms with E-state index in [-0.39, 0.29) is 0 Å². The molecule has 1 aliphatic heterocycles. The molecule has 0 unspecified atom stereocenters. The maximum atomic E-state index is 5.90. The van der Waals surface area contributed by atoms with Crippen molar-refractivity contribution in [2.75, 3.05) is 31.1 Å². The van der Waals surface area contributed by atoms with E-state index in [1.54, 1.807) is 0 Å². The highest BCUT2D eigenvalue weighted by molar-refractivity contribution is 5.56. The minimum absolute atomic E-state index is 0.549. The first-order chi connectivity index (χ1) is 13.0. The van der Waals surface area contributed by atoms with Crippen LogP contribution in [0.2, 0.25) is 0 Å². The Bertz CT molecular complexity index is 936. The molecule has 1 aromatic carbocycles. The number of piperazine rings is 1. The zero-order valence-corrected chi connectivity index (χ0v) is 16.5. The molecule has 0 spiro atoms. The summed E-state index contributed by atoms with van der Waals surface area (Å²) in [5, 5.41) is 8.46. The van der Waals surface area contributed by atoms with Gasteiger partial charge in [-0.15, -0.1) is 10.2 Å². The number of benzene rings is 1. The summed E-state index contributed by atoms with van der Waals surface area (Å²) in [5.74, 6) is 2.92. The number of aromatic nitrogens is 2.